The van der Waals surface area contributed by atoms with Crippen LogP contribution in [0.3, 0.4) is 0 Å². The van der Waals surface area contributed by atoms with E-state index in [1.807, 2.05) is 24.3 Å². The van der Waals surface area contributed by atoms with Crippen molar-refractivity contribution in [2.45, 2.75) is 12.8 Å². The molecule has 0 aliphatic rings. The minimum absolute atomic E-state index is 0.402. The second-order valence-corrected chi connectivity index (χ2v) is 5.63. The Morgan fingerprint density at radius 2 is 1.75 bits per heavy atom. The number of methoxy groups -OCH3 is 2. The van der Waals surface area contributed by atoms with E-state index in [9.17, 15) is 0 Å². The maximum absolute atomic E-state index is 6.04. The van der Waals surface area contributed by atoms with Gasteiger partial charge in [0.15, 0.2) is 0 Å². The highest BCUT2D eigenvalue weighted by atomic mass is 35.5. The van der Waals surface area contributed by atoms with E-state index < -0.39 is 0 Å². The summed E-state index contributed by atoms with van der Waals surface area (Å²) in [6, 6.07) is 13.2. The van der Waals surface area contributed by atoms with Crippen molar-refractivity contribution in [1.82, 2.24) is 10.2 Å². The maximum atomic E-state index is 6.04. The number of hydrogen-bond donors (Lipinski definition) is 0. The lowest BCUT2D eigenvalue weighted by molar-refractivity contribution is 0.413. The SMILES string of the molecule is COc1ccc(CCc2nnc(-c3cc(Cl)ccc3OC)o2)cc1. The Morgan fingerprint density at radius 1 is 0.958 bits per heavy atom. The number of aromatic nitrogens is 2. The van der Waals surface area contributed by atoms with Crippen LogP contribution >= 0.6 is 11.6 Å². The van der Waals surface area contributed by atoms with Crippen molar-refractivity contribution in [3.63, 3.8) is 0 Å². The molecular formula is C18H17ClN2O3. The Labute approximate surface area is 145 Å². The highest BCUT2D eigenvalue weighted by Gasteiger charge is 2.14. The Balaban J connectivity index is 1.72. The summed E-state index contributed by atoms with van der Waals surface area (Å²) in [6.45, 7) is 0. The predicted octanol–water partition coefficient (Wildman–Crippen LogP) is 4.19. The number of hydrogen-bond acceptors (Lipinski definition) is 5. The second kappa shape index (κ2) is 7.36. The lowest BCUT2D eigenvalue weighted by atomic mass is 10.1. The van der Waals surface area contributed by atoms with Crippen LogP contribution in [0.1, 0.15) is 11.5 Å². The van der Waals surface area contributed by atoms with Crippen molar-refractivity contribution >= 4 is 11.6 Å². The molecule has 0 radical (unpaired) electrons. The first kappa shape index (κ1) is 16.3. The Kier molecular flexibility index (Phi) is 5.01. The van der Waals surface area contributed by atoms with E-state index >= 15 is 0 Å². The van der Waals surface area contributed by atoms with Gasteiger partial charge < -0.3 is 13.9 Å². The van der Waals surface area contributed by atoms with Gasteiger partial charge in [-0.1, -0.05) is 23.7 Å². The molecule has 6 heteroatoms. The zero-order chi connectivity index (χ0) is 16.9. The molecule has 0 unspecified atom stereocenters. The van der Waals surface area contributed by atoms with Gasteiger partial charge in [-0.2, -0.15) is 0 Å². The lowest BCUT2D eigenvalue weighted by Crippen LogP contribution is -1.92. The highest BCUT2D eigenvalue weighted by Crippen LogP contribution is 2.31. The third-order valence-electron chi connectivity index (χ3n) is 3.65. The van der Waals surface area contributed by atoms with E-state index in [1.54, 1.807) is 32.4 Å². The molecule has 0 saturated heterocycles. The molecule has 0 fully saturated rings. The summed E-state index contributed by atoms with van der Waals surface area (Å²) in [7, 11) is 3.24. The van der Waals surface area contributed by atoms with Gasteiger partial charge in [0, 0.05) is 11.4 Å². The third kappa shape index (κ3) is 3.68. The largest absolute Gasteiger partial charge is 0.497 e. The van der Waals surface area contributed by atoms with Crippen molar-refractivity contribution in [2.24, 2.45) is 0 Å². The topological polar surface area (TPSA) is 57.4 Å². The van der Waals surface area contributed by atoms with Gasteiger partial charge in [0.05, 0.1) is 19.8 Å². The Morgan fingerprint density at radius 3 is 2.46 bits per heavy atom. The van der Waals surface area contributed by atoms with E-state index in [0.717, 1.165) is 12.2 Å². The summed E-state index contributed by atoms with van der Waals surface area (Å²) in [5.41, 5.74) is 1.86. The molecular weight excluding hydrogens is 328 g/mol. The normalized spacial score (nSPS) is 10.6. The van der Waals surface area contributed by atoms with E-state index in [4.69, 9.17) is 25.5 Å². The van der Waals surface area contributed by atoms with Crippen LogP contribution in [0, 0.1) is 0 Å². The summed E-state index contributed by atoms with van der Waals surface area (Å²) in [5.74, 6) is 2.46. The van der Waals surface area contributed by atoms with Crippen molar-refractivity contribution in [3.05, 3.63) is 58.9 Å². The third-order valence-corrected chi connectivity index (χ3v) is 3.88. The second-order valence-electron chi connectivity index (χ2n) is 5.19. The van der Waals surface area contributed by atoms with Crippen LogP contribution in [-0.2, 0) is 12.8 Å². The van der Waals surface area contributed by atoms with Crippen molar-refractivity contribution in [1.29, 1.82) is 0 Å². The molecule has 0 spiro atoms. The van der Waals surface area contributed by atoms with Gasteiger partial charge in [-0.3, -0.25) is 0 Å². The van der Waals surface area contributed by atoms with E-state index in [-0.39, 0.29) is 0 Å². The molecule has 0 saturated carbocycles. The number of rotatable bonds is 6. The van der Waals surface area contributed by atoms with Crippen LogP contribution in [0.2, 0.25) is 5.02 Å². The molecule has 0 aliphatic carbocycles. The van der Waals surface area contributed by atoms with Gasteiger partial charge in [0.2, 0.25) is 5.89 Å². The summed E-state index contributed by atoms with van der Waals surface area (Å²) in [5, 5.41) is 8.79. The van der Waals surface area contributed by atoms with Gasteiger partial charge >= 0.3 is 0 Å². The first-order valence-electron chi connectivity index (χ1n) is 7.49. The van der Waals surface area contributed by atoms with Crippen molar-refractivity contribution < 1.29 is 13.9 Å². The quantitative estimate of drug-likeness (QED) is 0.671. The molecule has 0 bridgehead atoms. The summed E-state index contributed by atoms with van der Waals surface area (Å²) in [6.07, 6.45) is 1.46. The van der Waals surface area contributed by atoms with Crippen LogP contribution in [0.4, 0.5) is 0 Å². The standard InChI is InChI=1S/C18H17ClN2O3/c1-22-14-7-3-12(4-8-14)5-10-17-20-21-18(24-17)15-11-13(19)6-9-16(15)23-2/h3-4,6-9,11H,5,10H2,1-2H3. The summed E-state index contributed by atoms with van der Waals surface area (Å²) in [4.78, 5) is 0. The first-order chi connectivity index (χ1) is 11.7. The van der Waals surface area contributed by atoms with Crippen molar-refractivity contribution in [3.8, 4) is 23.0 Å². The monoisotopic (exact) mass is 344 g/mol. The molecule has 1 heterocycles. The highest BCUT2D eigenvalue weighted by molar-refractivity contribution is 6.30. The number of nitrogens with zero attached hydrogens (tertiary/aromatic N) is 2. The number of benzene rings is 2. The first-order valence-corrected chi connectivity index (χ1v) is 7.86. The fourth-order valence-corrected chi connectivity index (χ4v) is 2.53. The zero-order valence-corrected chi connectivity index (χ0v) is 14.2. The van der Waals surface area contributed by atoms with Crippen LogP contribution in [0.5, 0.6) is 11.5 Å². The molecule has 0 amide bonds. The molecule has 3 rings (SSSR count). The predicted molar refractivity (Wildman–Crippen MR) is 91.7 cm³/mol. The van der Waals surface area contributed by atoms with Crippen molar-refractivity contribution in [2.75, 3.05) is 14.2 Å². The summed E-state index contributed by atoms with van der Waals surface area (Å²) < 4.78 is 16.2. The zero-order valence-electron chi connectivity index (χ0n) is 13.5. The molecule has 24 heavy (non-hydrogen) atoms. The summed E-state index contributed by atoms with van der Waals surface area (Å²) >= 11 is 6.04. The molecule has 2 aromatic carbocycles. The fraction of sp³-hybridized carbons (Fsp3) is 0.222. The maximum Gasteiger partial charge on any atom is 0.251 e. The number of halogens is 1. The number of ether oxygens (including phenoxy) is 2. The van der Waals surface area contributed by atoms with Crippen LogP contribution in [-0.4, -0.2) is 24.4 Å². The van der Waals surface area contributed by atoms with E-state index in [2.05, 4.69) is 10.2 Å². The van der Waals surface area contributed by atoms with Gasteiger partial charge in [-0.25, -0.2) is 0 Å². The molecule has 0 N–H and O–H groups in total. The van der Waals surface area contributed by atoms with Crippen LogP contribution in [0.15, 0.2) is 46.9 Å². The number of aryl methyl sites for hydroxylation is 2. The Bertz CT molecular complexity index is 815. The molecule has 3 aromatic rings. The minimum atomic E-state index is 0.402. The minimum Gasteiger partial charge on any atom is -0.497 e. The lowest BCUT2D eigenvalue weighted by Gasteiger charge is -2.04. The Hall–Kier alpha value is -2.53. The van der Waals surface area contributed by atoms with Crippen LogP contribution < -0.4 is 9.47 Å². The average Bonchev–Trinajstić information content (AvgIpc) is 3.09. The van der Waals surface area contributed by atoms with Gasteiger partial charge in [0.25, 0.3) is 5.89 Å². The van der Waals surface area contributed by atoms with Gasteiger partial charge in [-0.05, 0) is 42.3 Å². The molecule has 0 aliphatic heterocycles. The van der Waals surface area contributed by atoms with Gasteiger partial charge in [0.1, 0.15) is 11.5 Å². The molecule has 5 nitrogen and oxygen atoms in total. The fourth-order valence-electron chi connectivity index (χ4n) is 2.35. The van der Waals surface area contributed by atoms with E-state index in [1.165, 1.54) is 5.56 Å². The molecule has 0 atom stereocenters. The van der Waals surface area contributed by atoms with Gasteiger partial charge in [-0.15, -0.1) is 10.2 Å². The van der Waals surface area contributed by atoms with Crippen LogP contribution in [0.25, 0.3) is 11.5 Å². The smallest absolute Gasteiger partial charge is 0.251 e. The average molecular weight is 345 g/mol. The molecule has 1 aromatic heterocycles. The van der Waals surface area contributed by atoms with E-state index in [0.29, 0.717) is 34.5 Å². The molecule has 124 valence electrons.